The third kappa shape index (κ3) is 5.01. The first-order chi connectivity index (χ1) is 16.1. The summed E-state index contributed by atoms with van der Waals surface area (Å²) < 4.78 is 53.7. The fourth-order valence-electron chi connectivity index (χ4n) is 3.59. The van der Waals surface area contributed by atoms with Crippen LogP contribution in [0.3, 0.4) is 0 Å². The Kier molecular flexibility index (Phi) is 6.26. The molecule has 3 aromatic heterocycles. The number of hydrogen-bond acceptors (Lipinski definition) is 5. The summed E-state index contributed by atoms with van der Waals surface area (Å²) in [6.07, 6.45) is 2.51. The average molecular weight is 480 g/mol. The molecule has 2 aliphatic rings. The van der Waals surface area contributed by atoms with E-state index >= 15 is 0 Å². The second-order valence-corrected chi connectivity index (χ2v) is 7.95. The van der Waals surface area contributed by atoms with Gasteiger partial charge in [-0.3, -0.25) is 9.78 Å². The van der Waals surface area contributed by atoms with Crippen LogP contribution in [0.25, 0.3) is 16.6 Å². The lowest BCUT2D eigenvalue weighted by Gasteiger charge is -2.33. The summed E-state index contributed by atoms with van der Waals surface area (Å²) in [5, 5.41) is 7.12. The molecule has 1 saturated heterocycles. The van der Waals surface area contributed by atoms with Crippen LogP contribution in [0, 0.1) is 0 Å². The van der Waals surface area contributed by atoms with Crippen LogP contribution in [-0.4, -0.2) is 67.8 Å². The average Bonchev–Trinajstić information content (AvgIpc) is 3.44. The zero-order valence-corrected chi connectivity index (χ0v) is 17.7. The van der Waals surface area contributed by atoms with E-state index in [2.05, 4.69) is 9.97 Å². The Labute approximate surface area is 190 Å². The Morgan fingerprint density at radius 2 is 1.79 bits per heavy atom. The van der Waals surface area contributed by atoms with Crippen LogP contribution >= 0.6 is 0 Å². The second-order valence-electron chi connectivity index (χ2n) is 7.95. The number of rotatable bonds is 3. The van der Waals surface area contributed by atoms with Gasteiger partial charge in [-0.05, 0) is 42.2 Å². The van der Waals surface area contributed by atoms with E-state index in [0.29, 0.717) is 32.5 Å². The van der Waals surface area contributed by atoms with E-state index in [0.717, 1.165) is 22.3 Å². The predicted octanol–water partition coefficient (Wildman–Crippen LogP) is 3.43. The highest BCUT2D eigenvalue weighted by molar-refractivity contribution is 5.88. The minimum absolute atomic E-state index is 0.332. The molecule has 0 bridgehead atoms. The highest BCUT2D eigenvalue weighted by atomic mass is 19.4. The Morgan fingerprint density at radius 1 is 1.12 bits per heavy atom. The summed E-state index contributed by atoms with van der Waals surface area (Å²) in [5.41, 5.74) is 2.19. The summed E-state index contributed by atoms with van der Waals surface area (Å²) in [6, 6.07) is 7.94. The molecule has 34 heavy (non-hydrogen) atoms. The summed E-state index contributed by atoms with van der Waals surface area (Å²) in [4.78, 5) is 31.4. The second kappa shape index (κ2) is 9.01. The van der Waals surface area contributed by atoms with E-state index in [1.54, 1.807) is 23.6 Å². The van der Waals surface area contributed by atoms with Crippen molar-refractivity contribution < 1.29 is 37.0 Å². The van der Waals surface area contributed by atoms with Gasteiger partial charge in [-0.2, -0.15) is 13.2 Å². The molecule has 1 saturated carbocycles. The molecule has 5 rings (SSSR count). The first-order valence-corrected chi connectivity index (χ1v) is 10.4. The van der Waals surface area contributed by atoms with Crippen LogP contribution in [0.4, 0.5) is 17.6 Å². The first kappa shape index (κ1) is 23.6. The number of aromatic nitrogens is 3. The lowest BCUT2D eigenvalue weighted by molar-refractivity contribution is -0.192. The molecule has 1 atom stereocenters. The highest BCUT2D eigenvalue weighted by Gasteiger charge is 2.53. The molecule has 8 nitrogen and oxygen atoms in total. The van der Waals surface area contributed by atoms with Gasteiger partial charge in [0.1, 0.15) is 6.10 Å². The van der Waals surface area contributed by atoms with Crippen LogP contribution in [0.5, 0.6) is 0 Å². The van der Waals surface area contributed by atoms with Crippen LogP contribution in [0.2, 0.25) is 0 Å². The van der Waals surface area contributed by atoms with Crippen molar-refractivity contribution in [3.63, 3.8) is 0 Å². The van der Waals surface area contributed by atoms with Crippen LogP contribution in [-0.2, 0) is 14.3 Å². The van der Waals surface area contributed by atoms with E-state index in [9.17, 15) is 22.4 Å². The van der Waals surface area contributed by atoms with Crippen molar-refractivity contribution in [2.75, 3.05) is 19.7 Å². The van der Waals surface area contributed by atoms with Crippen LogP contribution in [0.15, 0.2) is 49.2 Å². The van der Waals surface area contributed by atoms with Crippen molar-refractivity contribution in [2.45, 2.75) is 30.8 Å². The van der Waals surface area contributed by atoms with Gasteiger partial charge in [-0.15, -0.1) is 0 Å². The van der Waals surface area contributed by atoms with Gasteiger partial charge in [-0.25, -0.2) is 14.2 Å². The van der Waals surface area contributed by atoms with Crippen molar-refractivity contribution in [2.24, 2.45) is 0 Å². The molecule has 1 amide bonds. The van der Waals surface area contributed by atoms with Gasteiger partial charge in [0.2, 0.25) is 0 Å². The number of fused-ring (bicyclic) bond motifs is 1. The number of ether oxygens (including phenoxy) is 1. The summed E-state index contributed by atoms with van der Waals surface area (Å²) in [7, 11) is 0. The molecule has 4 heterocycles. The number of pyridine rings is 2. The molecule has 12 heteroatoms. The van der Waals surface area contributed by atoms with Crippen molar-refractivity contribution in [3.05, 3.63) is 54.9 Å². The largest absolute Gasteiger partial charge is 0.490 e. The maximum absolute atomic E-state index is 14.2. The van der Waals surface area contributed by atoms with Crippen LogP contribution in [0.1, 0.15) is 24.6 Å². The van der Waals surface area contributed by atoms with Crippen molar-refractivity contribution in [1.29, 1.82) is 0 Å². The molecule has 1 aliphatic carbocycles. The number of alkyl halides is 4. The Bertz CT molecular complexity index is 1190. The van der Waals surface area contributed by atoms with Gasteiger partial charge in [0.25, 0.3) is 5.91 Å². The summed E-state index contributed by atoms with van der Waals surface area (Å²) in [6.45, 7) is 1.16. The SMILES string of the molecule is O=C(N1CCOC(c2ncn3cc(-c4ccncc4)ccc23)C1)C1(F)CC1.O=C(O)C(F)(F)F. The number of amides is 1. The van der Waals surface area contributed by atoms with Gasteiger partial charge in [0.15, 0.2) is 5.67 Å². The van der Waals surface area contributed by atoms with E-state index in [4.69, 9.17) is 14.6 Å². The maximum atomic E-state index is 14.2. The van der Waals surface area contributed by atoms with E-state index in [-0.39, 0.29) is 6.10 Å². The maximum Gasteiger partial charge on any atom is 0.490 e. The van der Waals surface area contributed by atoms with Gasteiger partial charge in [0, 0.05) is 25.1 Å². The molecular formula is C22H20F4N4O4. The predicted molar refractivity (Wildman–Crippen MR) is 110 cm³/mol. The Hall–Kier alpha value is -3.54. The van der Waals surface area contributed by atoms with Gasteiger partial charge >= 0.3 is 12.1 Å². The third-order valence-electron chi connectivity index (χ3n) is 5.55. The number of halogens is 4. The summed E-state index contributed by atoms with van der Waals surface area (Å²) >= 11 is 0. The molecule has 1 unspecified atom stereocenters. The number of carboxylic acids is 1. The topological polar surface area (TPSA) is 97.0 Å². The monoisotopic (exact) mass is 480 g/mol. The lowest BCUT2D eigenvalue weighted by atomic mass is 10.1. The standard InChI is InChI=1S/C20H19FN4O2.C2HF3O2/c21-20(5-6-20)19(26)24-9-10-27-17(12-24)18-16-2-1-15(11-25(16)13-23-18)14-3-7-22-8-4-14;3-2(4,5)1(6)7/h1-4,7-8,11,13,17H,5-6,9-10,12H2;(H,6,7). The fraction of sp³-hybridized carbons (Fsp3) is 0.364. The van der Waals surface area contributed by atoms with E-state index in [1.807, 2.05) is 34.9 Å². The van der Waals surface area contributed by atoms with Gasteiger partial charge in [0.05, 0.1) is 30.7 Å². The minimum atomic E-state index is -5.08. The minimum Gasteiger partial charge on any atom is -0.475 e. The Morgan fingerprint density at radius 3 is 2.41 bits per heavy atom. The summed E-state index contributed by atoms with van der Waals surface area (Å²) in [5.74, 6) is -3.16. The normalized spacial score (nSPS) is 19.3. The number of aliphatic carboxylic acids is 1. The zero-order valence-electron chi connectivity index (χ0n) is 17.7. The van der Waals surface area contributed by atoms with Gasteiger partial charge < -0.3 is 19.1 Å². The fourth-order valence-corrected chi connectivity index (χ4v) is 3.59. The van der Waals surface area contributed by atoms with E-state index in [1.165, 1.54) is 0 Å². The molecule has 180 valence electrons. The Balaban J connectivity index is 0.000000344. The molecule has 0 aromatic carbocycles. The number of morpholine rings is 1. The number of nitrogens with zero attached hydrogens (tertiary/aromatic N) is 4. The first-order valence-electron chi connectivity index (χ1n) is 10.4. The highest BCUT2D eigenvalue weighted by Crippen LogP contribution is 2.42. The number of carbonyl (C=O) groups is 2. The molecule has 0 radical (unpaired) electrons. The molecule has 1 aliphatic heterocycles. The molecule has 2 fully saturated rings. The molecule has 0 spiro atoms. The number of hydrogen-bond donors (Lipinski definition) is 1. The molecule has 1 N–H and O–H groups in total. The van der Waals surface area contributed by atoms with Crippen LogP contribution < -0.4 is 0 Å². The van der Waals surface area contributed by atoms with Crippen molar-refractivity contribution in [3.8, 4) is 11.1 Å². The van der Waals surface area contributed by atoms with Gasteiger partial charge in [-0.1, -0.05) is 6.07 Å². The molecule has 3 aromatic rings. The number of carboxylic acid groups (broad SMARTS) is 1. The molecular weight excluding hydrogens is 460 g/mol. The smallest absolute Gasteiger partial charge is 0.475 e. The third-order valence-corrected chi connectivity index (χ3v) is 5.55. The van der Waals surface area contributed by atoms with Crippen molar-refractivity contribution >= 4 is 17.4 Å². The lowest BCUT2D eigenvalue weighted by Crippen LogP contribution is -2.46. The number of carbonyl (C=O) groups excluding carboxylic acids is 1. The number of imidazole rings is 1. The quantitative estimate of drug-likeness (QED) is 0.577. The van der Waals surface area contributed by atoms with E-state index < -0.39 is 23.7 Å². The zero-order chi connectivity index (χ0) is 24.5. The van der Waals surface area contributed by atoms with Crippen molar-refractivity contribution in [1.82, 2.24) is 19.3 Å².